The number of likely N-dealkylation sites (tertiary alicyclic amines) is 1. The third-order valence-corrected chi connectivity index (χ3v) is 6.38. The minimum absolute atomic E-state index is 0.0450. The van der Waals surface area contributed by atoms with Crippen LogP contribution in [0.4, 0.5) is 4.39 Å². The highest BCUT2D eigenvalue weighted by atomic mass is 19.1. The molecule has 2 aromatic carbocycles. The maximum Gasteiger partial charge on any atom is 0.257 e. The number of piperidine rings is 1. The number of benzene rings is 2. The van der Waals surface area contributed by atoms with Gasteiger partial charge < -0.3 is 9.47 Å². The molecule has 1 amide bonds. The Balaban J connectivity index is 1.62. The first-order chi connectivity index (χ1) is 15.5. The van der Waals surface area contributed by atoms with E-state index in [-0.39, 0.29) is 17.8 Å². The highest BCUT2D eigenvalue weighted by Gasteiger charge is 2.35. The van der Waals surface area contributed by atoms with E-state index < -0.39 is 0 Å². The molecule has 2 heterocycles. The summed E-state index contributed by atoms with van der Waals surface area (Å²) in [6.07, 6.45) is 2.73. The molecule has 1 fully saturated rings. The van der Waals surface area contributed by atoms with Crippen molar-refractivity contribution in [2.24, 2.45) is 11.0 Å². The number of hydrazone groups is 1. The van der Waals surface area contributed by atoms with E-state index in [0.717, 1.165) is 42.8 Å². The van der Waals surface area contributed by atoms with Crippen LogP contribution < -0.4 is 9.47 Å². The summed E-state index contributed by atoms with van der Waals surface area (Å²) in [7, 11) is 3.21. The second-order valence-corrected chi connectivity index (χ2v) is 8.58. The Hall–Kier alpha value is -2.93. The van der Waals surface area contributed by atoms with Crippen LogP contribution in [0.1, 0.15) is 43.4 Å². The van der Waals surface area contributed by atoms with Crippen molar-refractivity contribution in [1.29, 1.82) is 0 Å². The molecule has 0 unspecified atom stereocenters. The molecule has 4 rings (SSSR count). The number of carbonyl (C=O) groups is 1. The number of hydrogen-bond acceptors (Lipinski definition) is 5. The smallest absolute Gasteiger partial charge is 0.257 e. The summed E-state index contributed by atoms with van der Waals surface area (Å²) < 4.78 is 24.4. The van der Waals surface area contributed by atoms with Crippen molar-refractivity contribution >= 4 is 11.6 Å². The lowest BCUT2D eigenvalue weighted by molar-refractivity contribution is -0.134. The van der Waals surface area contributed by atoms with E-state index >= 15 is 0 Å². The summed E-state index contributed by atoms with van der Waals surface area (Å²) in [4.78, 5) is 15.5. The molecule has 2 aliphatic rings. The molecule has 0 aromatic heterocycles. The van der Waals surface area contributed by atoms with Crippen LogP contribution in [0, 0.1) is 11.7 Å². The Morgan fingerprint density at radius 3 is 2.47 bits per heavy atom. The molecule has 1 atom stereocenters. The number of carbonyl (C=O) groups excluding carboxylic acids is 1. The average molecular weight is 440 g/mol. The van der Waals surface area contributed by atoms with Crippen LogP contribution in [-0.2, 0) is 4.79 Å². The number of methoxy groups -OCH3 is 2. The third kappa shape index (κ3) is 4.78. The fraction of sp³-hybridized carbons (Fsp3) is 0.440. The van der Waals surface area contributed by atoms with Crippen LogP contribution in [0.25, 0.3) is 0 Å². The largest absolute Gasteiger partial charge is 0.497 e. The van der Waals surface area contributed by atoms with E-state index in [0.29, 0.717) is 30.4 Å². The first-order valence-electron chi connectivity index (χ1n) is 11.1. The number of halogens is 1. The molecular weight excluding hydrogens is 409 g/mol. The maximum absolute atomic E-state index is 13.5. The van der Waals surface area contributed by atoms with Gasteiger partial charge in [0.25, 0.3) is 5.91 Å². The molecule has 6 nitrogen and oxygen atoms in total. The fourth-order valence-corrected chi connectivity index (χ4v) is 4.37. The highest BCUT2D eigenvalue weighted by Crippen LogP contribution is 2.36. The second-order valence-electron chi connectivity index (χ2n) is 8.58. The van der Waals surface area contributed by atoms with Gasteiger partial charge in [0.05, 0.1) is 32.5 Å². The van der Waals surface area contributed by atoms with Gasteiger partial charge in [0.2, 0.25) is 0 Å². The van der Waals surface area contributed by atoms with Gasteiger partial charge >= 0.3 is 0 Å². The van der Waals surface area contributed by atoms with Crippen molar-refractivity contribution in [1.82, 2.24) is 9.91 Å². The molecule has 2 aromatic rings. The Bertz CT molecular complexity index is 984. The molecule has 0 spiro atoms. The van der Waals surface area contributed by atoms with E-state index in [2.05, 4.69) is 11.8 Å². The Morgan fingerprint density at radius 2 is 1.81 bits per heavy atom. The van der Waals surface area contributed by atoms with Gasteiger partial charge in [0, 0.05) is 18.1 Å². The zero-order valence-electron chi connectivity index (χ0n) is 18.9. The minimum Gasteiger partial charge on any atom is -0.497 e. The molecule has 7 heteroatoms. The lowest BCUT2D eigenvalue weighted by Gasteiger charge is -2.31. The molecule has 0 bridgehead atoms. The number of amides is 1. The van der Waals surface area contributed by atoms with Crippen LogP contribution in [0.15, 0.2) is 47.6 Å². The number of hydrogen-bond donors (Lipinski definition) is 0. The Kier molecular flexibility index (Phi) is 6.74. The maximum atomic E-state index is 13.5. The minimum atomic E-state index is -0.301. The number of rotatable bonds is 6. The van der Waals surface area contributed by atoms with Gasteiger partial charge in [-0.1, -0.05) is 19.1 Å². The van der Waals surface area contributed by atoms with Crippen molar-refractivity contribution in [3.05, 3.63) is 59.4 Å². The predicted molar refractivity (Wildman–Crippen MR) is 122 cm³/mol. The summed E-state index contributed by atoms with van der Waals surface area (Å²) in [5, 5.41) is 6.32. The molecule has 0 saturated carbocycles. The summed E-state index contributed by atoms with van der Waals surface area (Å²) >= 11 is 0. The second kappa shape index (κ2) is 9.69. The van der Waals surface area contributed by atoms with Crippen LogP contribution in [0.5, 0.6) is 11.5 Å². The SMILES string of the molecule is COc1ccc(C2=NN(C(=O)CN3CCC(C)CC3)[C@@H](c3ccc(F)cc3)C2)c(OC)c1. The average Bonchev–Trinajstić information content (AvgIpc) is 3.26. The van der Waals surface area contributed by atoms with Gasteiger partial charge in [-0.3, -0.25) is 9.69 Å². The molecule has 0 N–H and O–H groups in total. The zero-order valence-corrected chi connectivity index (χ0v) is 18.9. The topological polar surface area (TPSA) is 54.4 Å². The lowest BCUT2D eigenvalue weighted by atomic mass is 9.97. The van der Waals surface area contributed by atoms with E-state index in [1.165, 1.54) is 12.1 Å². The number of nitrogens with zero attached hydrogens (tertiary/aromatic N) is 3. The van der Waals surface area contributed by atoms with Gasteiger partial charge in [0.15, 0.2) is 0 Å². The molecular formula is C25H30FN3O3. The predicted octanol–water partition coefficient (Wildman–Crippen LogP) is 4.25. The Morgan fingerprint density at radius 1 is 1.09 bits per heavy atom. The van der Waals surface area contributed by atoms with Gasteiger partial charge in [-0.05, 0) is 61.7 Å². The fourth-order valence-electron chi connectivity index (χ4n) is 4.37. The van der Waals surface area contributed by atoms with Crippen molar-refractivity contribution in [2.75, 3.05) is 33.9 Å². The quantitative estimate of drug-likeness (QED) is 0.675. The van der Waals surface area contributed by atoms with Crippen molar-refractivity contribution in [2.45, 2.75) is 32.2 Å². The van der Waals surface area contributed by atoms with Crippen molar-refractivity contribution in [3.8, 4) is 11.5 Å². The van der Waals surface area contributed by atoms with Gasteiger partial charge in [-0.2, -0.15) is 5.10 Å². The molecule has 32 heavy (non-hydrogen) atoms. The van der Waals surface area contributed by atoms with E-state index in [1.54, 1.807) is 31.4 Å². The molecule has 1 saturated heterocycles. The lowest BCUT2D eigenvalue weighted by Crippen LogP contribution is -2.41. The van der Waals surface area contributed by atoms with Crippen molar-refractivity contribution in [3.63, 3.8) is 0 Å². The van der Waals surface area contributed by atoms with E-state index in [9.17, 15) is 9.18 Å². The first-order valence-corrected chi connectivity index (χ1v) is 11.1. The molecule has 170 valence electrons. The normalized spacial score (nSPS) is 19.7. The third-order valence-electron chi connectivity index (χ3n) is 6.38. The number of ether oxygens (including phenoxy) is 2. The molecule has 0 radical (unpaired) electrons. The monoisotopic (exact) mass is 439 g/mol. The summed E-state index contributed by atoms with van der Waals surface area (Å²) in [5.74, 6) is 1.68. The van der Waals surface area contributed by atoms with Crippen LogP contribution >= 0.6 is 0 Å². The van der Waals surface area contributed by atoms with Gasteiger partial charge in [-0.15, -0.1) is 0 Å². The van der Waals surface area contributed by atoms with Crippen LogP contribution in [0.3, 0.4) is 0 Å². The van der Waals surface area contributed by atoms with E-state index in [4.69, 9.17) is 14.6 Å². The van der Waals surface area contributed by atoms with Gasteiger partial charge in [0.1, 0.15) is 17.3 Å². The summed E-state index contributed by atoms with van der Waals surface area (Å²) in [6.45, 7) is 4.43. The van der Waals surface area contributed by atoms with Crippen LogP contribution in [-0.4, -0.2) is 55.4 Å². The van der Waals surface area contributed by atoms with Crippen LogP contribution in [0.2, 0.25) is 0 Å². The zero-order chi connectivity index (χ0) is 22.7. The molecule has 0 aliphatic carbocycles. The summed E-state index contributed by atoms with van der Waals surface area (Å²) in [6, 6.07) is 11.6. The van der Waals surface area contributed by atoms with Gasteiger partial charge in [-0.25, -0.2) is 9.40 Å². The molecule has 2 aliphatic heterocycles. The first kappa shape index (κ1) is 22.3. The van der Waals surface area contributed by atoms with Crippen molar-refractivity contribution < 1.29 is 18.7 Å². The highest BCUT2D eigenvalue weighted by molar-refractivity contribution is 6.05. The Labute approximate surface area is 188 Å². The van der Waals surface area contributed by atoms with E-state index in [1.807, 2.05) is 18.2 Å². The summed E-state index contributed by atoms with van der Waals surface area (Å²) in [5.41, 5.74) is 2.44. The standard InChI is InChI=1S/C25H30FN3O3/c1-17-10-12-28(13-11-17)16-25(30)29-23(18-4-6-19(26)7-5-18)15-22(27-29)21-9-8-20(31-2)14-24(21)32-3/h4-9,14,17,23H,10-13,15-16H2,1-3H3/t23-/m1/s1.